The molecule has 1 aliphatic rings. The van der Waals surface area contributed by atoms with Gasteiger partial charge in [0.05, 0.1) is 20.1 Å². The van der Waals surface area contributed by atoms with E-state index >= 15 is 0 Å². The van der Waals surface area contributed by atoms with Crippen molar-refractivity contribution in [3.63, 3.8) is 0 Å². The Morgan fingerprint density at radius 1 is 1.22 bits per heavy atom. The van der Waals surface area contributed by atoms with E-state index in [2.05, 4.69) is 4.90 Å². The standard InChI is InChI=1S/C14H19NO3/c1-15-8-12(13(9-15)14(16)18-3)10-4-6-11(17-2)7-5-10/h4-7,12-13H,8-9H2,1-3H3/t12-,13-/m0/s1. The number of nitrogens with zero attached hydrogens (tertiary/aromatic N) is 1. The van der Waals surface area contributed by atoms with Crippen LogP contribution >= 0.6 is 0 Å². The van der Waals surface area contributed by atoms with E-state index < -0.39 is 0 Å². The average molecular weight is 249 g/mol. The van der Waals surface area contributed by atoms with E-state index in [1.165, 1.54) is 7.11 Å². The molecule has 2 atom stereocenters. The third-order valence-corrected chi connectivity index (χ3v) is 3.55. The Morgan fingerprint density at radius 3 is 2.44 bits per heavy atom. The fourth-order valence-electron chi connectivity index (χ4n) is 2.58. The van der Waals surface area contributed by atoms with Gasteiger partial charge in [-0.15, -0.1) is 0 Å². The number of hydrogen-bond acceptors (Lipinski definition) is 4. The molecular formula is C14H19NO3. The first-order chi connectivity index (χ1) is 8.65. The van der Waals surface area contributed by atoms with E-state index in [1.807, 2.05) is 31.3 Å². The summed E-state index contributed by atoms with van der Waals surface area (Å²) in [6.07, 6.45) is 0. The molecule has 1 heterocycles. The Balaban J connectivity index is 2.21. The van der Waals surface area contributed by atoms with Crippen LogP contribution in [0.3, 0.4) is 0 Å². The van der Waals surface area contributed by atoms with Crippen molar-refractivity contribution >= 4 is 5.97 Å². The summed E-state index contributed by atoms with van der Waals surface area (Å²) in [5.41, 5.74) is 1.16. The Morgan fingerprint density at radius 2 is 1.89 bits per heavy atom. The van der Waals surface area contributed by atoms with Crippen LogP contribution in [0.1, 0.15) is 11.5 Å². The minimum absolute atomic E-state index is 0.0756. The highest BCUT2D eigenvalue weighted by Crippen LogP contribution is 2.33. The van der Waals surface area contributed by atoms with Gasteiger partial charge in [-0.25, -0.2) is 0 Å². The van der Waals surface area contributed by atoms with Crippen molar-refractivity contribution < 1.29 is 14.3 Å². The lowest BCUT2D eigenvalue weighted by Crippen LogP contribution is -2.23. The number of carbonyl (C=O) groups is 1. The molecule has 1 fully saturated rings. The number of carbonyl (C=O) groups excluding carboxylic acids is 1. The molecule has 0 N–H and O–H groups in total. The molecule has 18 heavy (non-hydrogen) atoms. The number of ether oxygens (including phenoxy) is 2. The van der Waals surface area contributed by atoms with E-state index in [0.717, 1.165) is 24.4 Å². The molecular weight excluding hydrogens is 230 g/mol. The number of rotatable bonds is 3. The Kier molecular flexibility index (Phi) is 3.87. The van der Waals surface area contributed by atoms with Crippen LogP contribution in [-0.4, -0.2) is 45.2 Å². The van der Waals surface area contributed by atoms with Gasteiger partial charge in [-0.2, -0.15) is 0 Å². The lowest BCUT2D eigenvalue weighted by Gasteiger charge is -2.16. The van der Waals surface area contributed by atoms with Crippen molar-refractivity contribution in [1.82, 2.24) is 4.90 Å². The normalized spacial score (nSPS) is 23.9. The molecule has 0 amide bonds. The predicted octanol–water partition coefficient (Wildman–Crippen LogP) is 1.51. The second kappa shape index (κ2) is 5.40. The summed E-state index contributed by atoms with van der Waals surface area (Å²) < 4.78 is 10.0. The molecule has 0 aromatic heterocycles. The van der Waals surface area contributed by atoms with Crippen molar-refractivity contribution in [1.29, 1.82) is 0 Å². The van der Waals surface area contributed by atoms with Crippen LogP contribution in [0.25, 0.3) is 0 Å². The van der Waals surface area contributed by atoms with Gasteiger partial charge in [0.15, 0.2) is 0 Å². The maximum atomic E-state index is 11.8. The molecule has 1 aromatic carbocycles. The highest BCUT2D eigenvalue weighted by Gasteiger charge is 2.37. The lowest BCUT2D eigenvalue weighted by molar-refractivity contribution is -0.145. The maximum absolute atomic E-state index is 11.8. The monoisotopic (exact) mass is 249 g/mol. The number of hydrogen-bond donors (Lipinski definition) is 0. The molecule has 0 saturated carbocycles. The van der Waals surface area contributed by atoms with E-state index in [4.69, 9.17) is 9.47 Å². The Bertz CT molecular complexity index is 416. The van der Waals surface area contributed by atoms with Gasteiger partial charge < -0.3 is 14.4 Å². The fraction of sp³-hybridized carbons (Fsp3) is 0.500. The minimum atomic E-state index is -0.125. The molecule has 0 radical (unpaired) electrons. The summed E-state index contributed by atoms with van der Waals surface area (Å²) in [5, 5.41) is 0. The van der Waals surface area contributed by atoms with E-state index in [9.17, 15) is 4.79 Å². The highest BCUT2D eigenvalue weighted by atomic mass is 16.5. The molecule has 0 bridgehead atoms. The van der Waals surface area contributed by atoms with E-state index in [0.29, 0.717) is 0 Å². The van der Waals surface area contributed by atoms with E-state index in [-0.39, 0.29) is 17.8 Å². The maximum Gasteiger partial charge on any atom is 0.310 e. The molecule has 1 aliphatic heterocycles. The molecule has 4 nitrogen and oxygen atoms in total. The van der Waals surface area contributed by atoms with Crippen molar-refractivity contribution in [3.05, 3.63) is 29.8 Å². The molecule has 1 aromatic rings. The van der Waals surface area contributed by atoms with Crippen molar-refractivity contribution in [2.24, 2.45) is 5.92 Å². The predicted molar refractivity (Wildman–Crippen MR) is 68.7 cm³/mol. The molecule has 0 aliphatic carbocycles. The number of benzene rings is 1. The van der Waals surface area contributed by atoms with Crippen LogP contribution < -0.4 is 4.74 Å². The molecule has 1 saturated heterocycles. The summed E-state index contributed by atoms with van der Waals surface area (Å²) in [5.74, 6) is 0.835. The van der Waals surface area contributed by atoms with Crippen molar-refractivity contribution in [2.45, 2.75) is 5.92 Å². The van der Waals surface area contributed by atoms with Gasteiger partial charge in [0.25, 0.3) is 0 Å². The van der Waals surface area contributed by atoms with Gasteiger partial charge in [0.2, 0.25) is 0 Å². The lowest BCUT2D eigenvalue weighted by atomic mass is 9.89. The van der Waals surface area contributed by atoms with Gasteiger partial charge in [-0.3, -0.25) is 4.79 Å². The quantitative estimate of drug-likeness (QED) is 0.761. The largest absolute Gasteiger partial charge is 0.497 e. The van der Waals surface area contributed by atoms with Gasteiger partial charge in [-0.05, 0) is 24.7 Å². The summed E-state index contributed by atoms with van der Waals surface area (Å²) in [4.78, 5) is 14.0. The van der Waals surface area contributed by atoms with Crippen LogP contribution in [0.4, 0.5) is 0 Å². The number of methoxy groups -OCH3 is 2. The zero-order valence-electron chi connectivity index (χ0n) is 11.1. The SMILES string of the molecule is COC(=O)[C@H]1CN(C)C[C@H]1c1ccc(OC)cc1. The third kappa shape index (κ3) is 2.48. The van der Waals surface area contributed by atoms with Gasteiger partial charge in [-0.1, -0.05) is 12.1 Å². The van der Waals surface area contributed by atoms with Crippen molar-refractivity contribution in [3.8, 4) is 5.75 Å². The summed E-state index contributed by atoms with van der Waals surface area (Å²) >= 11 is 0. The molecule has 0 unspecified atom stereocenters. The zero-order chi connectivity index (χ0) is 13.1. The number of esters is 1. The fourth-order valence-corrected chi connectivity index (χ4v) is 2.58. The summed E-state index contributed by atoms with van der Waals surface area (Å²) in [7, 11) is 5.13. The topological polar surface area (TPSA) is 38.8 Å². The molecule has 98 valence electrons. The van der Waals surface area contributed by atoms with Crippen LogP contribution in [-0.2, 0) is 9.53 Å². The van der Waals surface area contributed by atoms with Crippen LogP contribution in [0, 0.1) is 5.92 Å². The average Bonchev–Trinajstić information content (AvgIpc) is 2.80. The van der Waals surface area contributed by atoms with Crippen LogP contribution in [0.15, 0.2) is 24.3 Å². The van der Waals surface area contributed by atoms with Gasteiger partial charge in [0.1, 0.15) is 5.75 Å². The van der Waals surface area contributed by atoms with E-state index in [1.54, 1.807) is 7.11 Å². The highest BCUT2D eigenvalue weighted by molar-refractivity contribution is 5.74. The first kappa shape index (κ1) is 12.9. The van der Waals surface area contributed by atoms with Crippen LogP contribution in [0.2, 0.25) is 0 Å². The molecule has 4 heteroatoms. The number of likely N-dealkylation sites (N-methyl/N-ethyl adjacent to an activating group) is 1. The zero-order valence-corrected chi connectivity index (χ0v) is 11.1. The van der Waals surface area contributed by atoms with Gasteiger partial charge in [0, 0.05) is 19.0 Å². The molecule has 0 spiro atoms. The second-order valence-electron chi connectivity index (χ2n) is 4.73. The second-order valence-corrected chi connectivity index (χ2v) is 4.73. The third-order valence-electron chi connectivity index (χ3n) is 3.55. The first-order valence-electron chi connectivity index (χ1n) is 6.06. The van der Waals surface area contributed by atoms with Crippen LogP contribution in [0.5, 0.6) is 5.75 Å². The summed E-state index contributed by atoms with van der Waals surface area (Å²) in [6.45, 7) is 1.63. The summed E-state index contributed by atoms with van der Waals surface area (Å²) in [6, 6.07) is 7.92. The van der Waals surface area contributed by atoms with Gasteiger partial charge >= 0.3 is 5.97 Å². The Hall–Kier alpha value is -1.55. The number of likely N-dealkylation sites (tertiary alicyclic amines) is 1. The van der Waals surface area contributed by atoms with Crippen molar-refractivity contribution in [2.75, 3.05) is 34.4 Å². The molecule has 2 rings (SSSR count). The smallest absolute Gasteiger partial charge is 0.310 e. The minimum Gasteiger partial charge on any atom is -0.497 e. The Labute approximate surface area is 107 Å². The first-order valence-corrected chi connectivity index (χ1v) is 6.06.